The molecule has 0 saturated heterocycles. The molecule has 0 bridgehead atoms. The van der Waals surface area contributed by atoms with E-state index in [4.69, 9.17) is 16.3 Å². The lowest BCUT2D eigenvalue weighted by Crippen LogP contribution is -1.99. The van der Waals surface area contributed by atoms with Crippen molar-refractivity contribution in [3.05, 3.63) is 29.3 Å². The van der Waals surface area contributed by atoms with Gasteiger partial charge >= 0.3 is 0 Å². The Morgan fingerprint density at radius 3 is 2.87 bits per heavy atom. The molecule has 0 amide bonds. The molecule has 0 atom stereocenters. The average Bonchev–Trinajstić information content (AvgIpc) is 2.29. The van der Waals surface area contributed by atoms with Gasteiger partial charge in [-0.3, -0.25) is 4.79 Å². The first-order valence-electron chi connectivity index (χ1n) is 5.08. The van der Waals surface area contributed by atoms with Crippen LogP contribution >= 0.6 is 11.6 Å². The van der Waals surface area contributed by atoms with Crippen LogP contribution in [0.4, 0.5) is 0 Å². The Bertz CT molecular complexity index is 323. The lowest BCUT2D eigenvalue weighted by molar-refractivity contribution is 0.112. The van der Waals surface area contributed by atoms with Crippen molar-refractivity contribution in [2.45, 2.75) is 25.6 Å². The van der Waals surface area contributed by atoms with Gasteiger partial charge in [-0.05, 0) is 24.6 Å². The molecule has 0 saturated carbocycles. The maximum atomic E-state index is 10.6. The second kappa shape index (κ2) is 6.46. The Morgan fingerprint density at radius 2 is 2.27 bits per heavy atom. The number of unbranched alkanes of at least 4 members (excludes halogenated alkanes) is 1. The molecule has 0 aromatic heterocycles. The number of hydrogen-bond acceptors (Lipinski definition) is 2. The van der Waals surface area contributed by atoms with E-state index in [0.29, 0.717) is 18.1 Å². The van der Waals surface area contributed by atoms with Crippen LogP contribution in [0.3, 0.4) is 0 Å². The van der Waals surface area contributed by atoms with Crippen molar-refractivity contribution in [2.24, 2.45) is 0 Å². The van der Waals surface area contributed by atoms with Gasteiger partial charge in [0.2, 0.25) is 0 Å². The first-order valence-corrected chi connectivity index (χ1v) is 5.62. The zero-order valence-corrected chi connectivity index (χ0v) is 9.59. The topological polar surface area (TPSA) is 26.3 Å². The number of benzene rings is 1. The molecule has 0 fully saturated rings. The quantitative estimate of drug-likeness (QED) is 0.422. The Balaban J connectivity index is 2.73. The SMILES string of the molecule is CCCCOc1ccc(C=O)cc1CCl. The van der Waals surface area contributed by atoms with Gasteiger partial charge in [-0.1, -0.05) is 13.3 Å². The molecular formula is C12H15ClO2. The number of carbonyl (C=O) groups excluding carboxylic acids is 1. The third kappa shape index (κ3) is 3.56. The molecule has 3 heteroatoms. The molecule has 0 aliphatic carbocycles. The Morgan fingerprint density at radius 1 is 1.47 bits per heavy atom. The fourth-order valence-electron chi connectivity index (χ4n) is 1.24. The number of ether oxygens (including phenoxy) is 1. The van der Waals surface area contributed by atoms with Crippen molar-refractivity contribution < 1.29 is 9.53 Å². The van der Waals surface area contributed by atoms with E-state index in [0.717, 1.165) is 30.4 Å². The summed E-state index contributed by atoms with van der Waals surface area (Å²) in [5.74, 6) is 1.15. The molecule has 0 aliphatic heterocycles. The summed E-state index contributed by atoms with van der Waals surface area (Å²) in [7, 11) is 0. The standard InChI is InChI=1S/C12H15ClO2/c1-2-3-6-15-12-5-4-10(9-14)7-11(12)8-13/h4-5,7,9H,2-3,6,8H2,1H3. The highest BCUT2D eigenvalue weighted by atomic mass is 35.5. The van der Waals surface area contributed by atoms with E-state index in [2.05, 4.69) is 6.92 Å². The lowest BCUT2D eigenvalue weighted by Gasteiger charge is -2.09. The fraction of sp³-hybridized carbons (Fsp3) is 0.417. The average molecular weight is 227 g/mol. The Hall–Kier alpha value is -1.02. The van der Waals surface area contributed by atoms with E-state index in [9.17, 15) is 4.79 Å². The molecule has 0 spiro atoms. The predicted octanol–water partition coefficient (Wildman–Crippen LogP) is 3.42. The molecule has 15 heavy (non-hydrogen) atoms. The van der Waals surface area contributed by atoms with Gasteiger partial charge in [-0.25, -0.2) is 0 Å². The molecule has 0 unspecified atom stereocenters. The molecule has 1 aromatic rings. The maximum Gasteiger partial charge on any atom is 0.150 e. The molecule has 1 aromatic carbocycles. The minimum absolute atomic E-state index is 0.364. The van der Waals surface area contributed by atoms with Crippen LogP contribution in [-0.2, 0) is 5.88 Å². The minimum atomic E-state index is 0.364. The van der Waals surface area contributed by atoms with E-state index in [1.54, 1.807) is 18.2 Å². The molecule has 0 aliphatic rings. The van der Waals surface area contributed by atoms with Gasteiger partial charge in [0.25, 0.3) is 0 Å². The number of aldehydes is 1. The number of alkyl halides is 1. The van der Waals surface area contributed by atoms with Crippen LogP contribution < -0.4 is 4.74 Å². The highest BCUT2D eigenvalue weighted by Gasteiger charge is 2.03. The molecule has 0 N–H and O–H groups in total. The van der Waals surface area contributed by atoms with Crippen molar-refractivity contribution in [1.29, 1.82) is 0 Å². The summed E-state index contributed by atoms with van der Waals surface area (Å²) < 4.78 is 5.57. The van der Waals surface area contributed by atoms with E-state index in [-0.39, 0.29) is 0 Å². The minimum Gasteiger partial charge on any atom is -0.493 e. The van der Waals surface area contributed by atoms with Crippen LogP contribution in [0.2, 0.25) is 0 Å². The van der Waals surface area contributed by atoms with Crippen molar-refractivity contribution in [3.63, 3.8) is 0 Å². The molecule has 1 rings (SSSR count). The maximum absolute atomic E-state index is 10.6. The lowest BCUT2D eigenvalue weighted by atomic mass is 10.1. The van der Waals surface area contributed by atoms with Crippen molar-refractivity contribution in [1.82, 2.24) is 0 Å². The smallest absolute Gasteiger partial charge is 0.150 e. The van der Waals surface area contributed by atoms with E-state index >= 15 is 0 Å². The number of hydrogen-bond donors (Lipinski definition) is 0. The van der Waals surface area contributed by atoms with Crippen LogP contribution in [0.1, 0.15) is 35.7 Å². The summed E-state index contributed by atoms with van der Waals surface area (Å²) in [6.45, 7) is 2.81. The van der Waals surface area contributed by atoms with Gasteiger partial charge in [-0.15, -0.1) is 11.6 Å². The predicted molar refractivity (Wildman–Crippen MR) is 61.8 cm³/mol. The first-order chi connectivity index (χ1) is 7.31. The molecule has 0 radical (unpaired) electrons. The number of rotatable bonds is 6. The summed E-state index contributed by atoms with van der Waals surface area (Å²) >= 11 is 5.78. The largest absolute Gasteiger partial charge is 0.493 e. The van der Waals surface area contributed by atoms with Crippen LogP contribution in [0.25, 0.3) is 0 Å². The molecule has 82 valence electrons. The van der Waals surface area contributed by atoms with E-state index in [1.165, 1.54) is 0 Å². The summed E-state index contributed by atoms with van der Waals surface area (Å²) in [5, 5.41) is 0. The van der Waals surface area contributed by atoms with Crippen molar-refractivity contribution in [2.75, 3.05) is 6.61 Å². The van der Waals surface area contributed by atoms with Gasteiger partial charge in [0, 0.05) is 11.1 Å². The summed E-state index contributed by atoms with van der Waals surface area (Å²) in [5.41, 5.74) is 1.51. The Kier molecular flexibility index (Phi) is 5.19. The van der Waals surface area contributed by atoms with E-state index in [1.807, 2.05) is 0 Å². The van der Waals surface area contributed by atoms with Crippen molar-refractivity contribution in [3.8, 4) is 5.75 Å². The molecular weight excluding hydrogens is 212 g/mol. The number of carbonyl (C=O) groups is 1. The summed E-state index contributed by atoms with van der Waals surface area (Å²) in [4.78, 5) is 10.6. The highest BCUT2D eigenvalue weighted by molar-refractivity contribution is 6.17. The monoisotopic (exact) mass is 226 g/mol. The Labute approximate surface area is 95.2 Å². The highest BCUT2D eigenvalue weighted by Crippen LogP contribution is 2.21. The van der Waals surface area contributed by atoms with Crippen molar-refractivity contribution >= 4 is 17.9 Å². The molecule has 2 nitrogen and oxygen atoms in total. The third-order valence-corrected chi connectivity index (χ3v) is 2.41. The second-order valence-electron chi connectivity index (χ2n) is 3.32. The van der Waals surface area contributed by atoms with Crippen LogP contribution in [0.5, 0.6) is 5.75 Å². The van der Waals surface area contributed by atoms with Gasteiger partial charge in [0.1, 0.15) is 12.0 Å². The van der Waals surface area contributed by atoms with Gasteiger partial charge < -0.3 is 4.74 Å². The summed E-state index contributed by atoms with van der Waals surface area (Å²) in [6.07, 6.45) is 2.94. The van der Waals surface area contributed by atoms with Crippen LogP contribution in [0, 0.1) is 0 Å². The number of halogens is 1. The van der Waals surface area contributed by atoms with Crippen LogP contribution in [-0.4, -0.2) is 12.9 Å². The fourth-order valence-corrected chi connectivity index (χ4v) is 1.45. The van der Waals surface area contributed by atoms with Gasteiger partial charge in [0.05, 0.1) is 12.5 Å². The van der Waals surface area contributed by atoms with Gasteiger partial charge in [0.15, 0.2) is 0 Å². The van der Waals surface area contributed by atoms with E-state index < -0.39 is 0 Å². The van der Waals surface area contributed by atoms with Gasteiger partial charge in [-0.2, -0.15) is 0 Å². The normalized spacial score (nSPS) is 10.0. The first kappa shape index (κ1) is 12.1. The summed E-state index contributed by atoms with van der Waals surface area (Å²) in [6, 6.07) is 5.31. The zero-order valence-electron chi connectivity index (χ0n) is 8.83. The third-order valence-electron chi connectivity index (χ3n) is 2.12. The molecule has 0 heterocycles. The second-order valence-corrected chi connectivity index (χ2v) is 3.59. The zero-order chi connectivity index (χ0) is 11.1. The van der Waals surface area contributed by atoms with Crippen LogP contribution in [0.15, 0.2) is 18.2 Å².